The molecule has 3 heteroatoms. The number of aromatic nitrogens is 1. The van der Waals surface area contributed by atoms with Crippen molar-refractivity contribution in [3.63, 3.8) is 0 Å². The van der Waals surface area contributed by atoms with Gasteiger partial charge in [-0.25, -0.2) is 4.98 Å². The van der Waals surface area contributed by atoms with E-state index in [4.69, 9.17) is 4.98 Å². The van der Waals surface area contributed by atoms with E-state index < -0.39 is 0 Å². The molecular formula is C18H19N3. The van der Waals surface area contributed by atoms with Gasteiger partial charge < -0.3 is 5.32 Å². The van der Waals surface area contributed by atoms with Crippen molar-refractivity contribution in [1.29, 1.82) is 5.26 Å². The zero-order valence-corrected chi connectivity index (χ0v) is 12.3. The summed E-state index contributed by atoms with van der Waals surface area (Å²) < 4.78 is 0. The predicted octanol–water partition coefficient (Wildman–Crippen LogP) is 4.01. The average molecular weight is 277 g/mol. The molecule has 3 nitrogen and oxygen atoms in total. The summed E-state index contributed by atoms with van der Waals surface area (Å²) >= 11 is 0. The molecule has 0 saturated carbocycles. The van der Waals surface area contributed by atoms with E-state index in [-0.39, 0.29) is 6.04 Å². The Labute approximate surface area is 125 Å². The Balaban J connectivity index is 1.89. The van der Waals surface area contributed by atoms with E-state index in [1.165, 1.54) is 24.0 Å². The number of benzene rings is 1. The van der Waals surface area contributed by atoms with Crippen molar-refractivity contribution >= 4 is 5.82 Å². The highest BCUT2D eigenvalue weighted by molar-refractivity contribution is 5.55. The summed E-state index contributed by atoms with van der Waals surface area (Å²) in [6, 6.07) is 14.7. The lowest BCUT2D eigenvalue weighted by atomic mass is 9.95. The van der Waals surface area contributed by atoms with Gasteiger partial charge in [0.25, 0.3) is 0 Å². The molecule has 1 aliphatic rings. The van der Waals surface area contributed by atoms with Gasteiger partial charge >= 0.3 is 0 Å². The van der Waals surface area contributed by atoms with Gasteiger partial charge in [0.2, 0.25) is 0 Å². The van der Waals surface area contributed by atoms with Crippen LogP contribution in [0.3, 0.4) is 0 Å². The number of fused-ring (bicyclic) bond motifs is 1. The topological polar surface area (TPSA) is 48.7 Å². The molecule has 0 radical (unpaired) electrons. The normalized spacial score (nSPS) is 14.9. The maximum absolute atomic E-state index is 9.37. The molecule has 0 amide bonds. The largest absolute Gasteiger partial charge is 0.362 e. The molecular weight excluding hydrogens is 258 g/mol. The molecule has 1 atom stereocenters. The number of anilines is 1. The highest BCUT2D eigenvalue weighted by Gasteiger charge is 2.16. The Morgan fingerprint density at radius 1 is 1.19 bits per heavy atom. The van der Waals surface area contributed by atoms with Crippen LogP contribution in [0.4, 0.5) is 5.82 Å². The van der Waals surface area contributed by atoms with Gasteiger partial charge in [-0.1, -0.05) is 30.3 Å². The average Bonchev–Trinajstić information content (AvgIpc) is 2.55. The minimum absolute atomic E-state index is 0.132. The lowest BCUT2D eigenvalue weighted by Crippen LogP contribution is -2.13. The molecule has 106 valence electrons. The van der Waals surface area contributed by atoms with Crippen LogP contribution >= 0.6 is 0 Å². The summed E-state index contributed by atoms with van der Waals surface area (Å²) in [6.45, 7) is 2.09. The first-order valence-electron chi connectivity index (χ1n) is 7.52. The number of hydrogen-bond acceptors (Lipinski definition) is 3. The zero-order chi connectivity index (χ0) is 14.7. The first-order valence-corrected chi connectivity index (χ1v) is 7.52. The van der Waals surface area contributed by atoms with Crippen LogP contribution in [-0.4, -0.2) is 4.98 Å². The van der Waals surface area contributed by atoms with E-state index in [0.717, 1.165) is 24.4 Å². The van der Waals surface area contributed by atoms with Gasteiger partial charge in [0, 0.05) is 11.7 Å². The standard InChI is InChI=1S/C18H19N3/c1-13(14-7-3-2-4-8-14)20-18-16(12-19)11-15-9-5-6-10-17(15)21-18/h2-4,7-8,11,13H,5-6,9-10H2,1H3,(H,20,21). The molecule has 0 spiro atoms. The fraction of sp³-hybridized carbons (Fsp3) is 0.333. The molecule has 1 unspecified atom stereocenters. The third kappa shape index (κ3) is 2.90. The van der Waals surface area contributed by atoms with Gasteiger partial charge in [-0.3, -0.25) is 0 Å². The van der Waals surface area contributed by atoms with Crippen molar-refractivity contribution in [3.05, 3.63) is 58.8 Å². The third-order valence-corrected chi connectivity index (χ3v) is 4.07. The van der Waals surface area contributed by atoms with Gasteiger partial charge in [0.05, 0.1) is 5.56 Å². The van der Waals surface area contributed by atoms with E-state index in [2.05, 4.69) is 30.4 Å². The van der Waals surface area contributed by atoms with Crippen molar-refractivity contribution in [2.24, 2.45) is 0 Å². The molecule has 1 aromatic heterocycles. The van der Waals surface area contributed by atoms with E-state index in [0.29, 0.717) is 5.56 Å². The molecule has 21 heavy (non-hydrogen) atoms. The summed E-state index contributed by atoms with van der Waals surface area (Å²) in [7, 11) is 0. The van der Waals surface area contributed by atoms with Crippen LogP contribution in [0.2, 0.25) is 0 Å². The molecule has 1 heterocycles. The highest BCUT2D eigenvalue weighted by atomic mass is 15.0. The fourth-order valence-electron chi connectivity index (χ4n) is 2.86. The monoisotopic (exact) mass is 277 g/mol. The second-order valence-corrected chi connectivity index (χ2v) is 5.59. The molecule has 0 aliphatic heterocycles. The van der Waals surface area contributed by atoms with Gasteiger partial charge in [0.15, 0.2) is 0 Å². The van der Waals surface area contributed by atoms with Crippen LogP contribution < -0.4 is 5.32 Å². The Bertz CT molecular complexity index is 671. The van der Waals surface area contributed by atoms with Crippen molar-refractivity contribution in [2.45, 2.75) is 38.6 Å². The second-order valence-electron chi connectivity index (χ2n) is 5.59. The van der Waals surface area contributed by atoms with Crippen LogP contribution in [0.1, 0.15) is 48.2 Å². The van der Waals surface area contributed by atoms with E-state index >= 15 is 0 Å². The zero-order valence-electron chi connectivity index (χ0n) is 12.3. The fourth-order valence-corrected chi connectivity index (χ4v) is 2.86. The van der Waals surface area contributed by atoms with E-state index in [9.17, 15) is 5.26 Å². The molecule has 0 saturated heterocycles. The summed E-state index contributed by atoms with van der Waals surface area (Å²) in [6.07, 6.45) is 4.47. The lowest BCUT2D eigenvalue weighted by molar-refractivity contribution is 0.667. The van der Waals surface area contributed by atoms with E-state index in [1.54, 1.807) is 0 Å². The van der Waals surface area contributed by atoms with Gasteiger partial charge in [-0.15, -0.1) is 0 Å². The van der Waals surface area contributed by atoms with Crippen molar-refractivity contribution in [1.82, 2.24) is 4.98 Å². The lowest BCUT2D eigenvalue weighted by Gasteiger charge is -2.20. The van der Waals surface area contributed by atoms with Crippen LogP contribution in [0, 0.1) is 11.3 Å². The van der Waals surface area contributed by atoms with Crippen LogP contribution in [0.15, 0.2) is 36.4 Å². The van der Waals surface area contributed by atoms with Crippen molar-refractivity contribution in [2.75, 3.05) is 5.32 Å². The van der Waals surface area contributed by atoms with Crippen molar-refractivity contribution < 1.29 is 0 Å². The van der Waals surface area contributed by atoms with Crippen LogP contribution in [0.5, 0.6) is 0 Å². The SMILES string of the molecule is CC(Nc1nc2c(cc1C#N)CCCC2)c1ccccc1. The molecule has 3 rings (SSSR count). The van der Waals surface area contributed by atoms with Gasteiger partial charge in [-0.2, -0.15) is 5.26 Å². The highest BCUT2D eigenvalue weighted by Crippen LogP contribution is 2.26. The Morgan fingerprint density at radius 2 is 1.95 bits per heavy atom. The van der Waals surface area contributed by atoms with Gasteiger partial charge in [-0.05, 0) is 49.8 Å². The number of nitriles is 1. The first-order chi connectivity index (χ1) is 10.3. The second kappa shape index (κ2) is 5.97. The number of nitrogens with zero attached hydrogens (tertiary/aromatic N) is 2. The Kier molecular flexibility index (Phi) is 3.87. The molecule has 0 bridgehead atoms. The number of pyridine rings is 1. The molecule has 1 aliphatic carbocycles. The van der Waals surface area contributed by atoms with Crippen LogP contribution in [-0.2, 0) is 12.8 Å². The molecule has 0 fully saturated rings. The van der Waals surface area contributed by atoms with Crippen molar-refractivity contribution in [3.8, 4) is 6.07 Å². The Hall–Kier alpha value is -2.34. The Morgan fingerprint density at radius 3 is 2.71 bits per heavy atom. The predicted molar refractivity (Wildman–Crippen MR) is 84.1 cm³/mol. The summed E-state index contributed by atoms with van der Waals surface area (Å²) in [4.78, 5) is 4.72. The maximum atomic E-state index is 9.37. The number of aryl methyl sites for hydroxylation is 2. The van der Waals surface area contributed by atoms with Crippen LogP contribution in [0.25, 0.3) is 0 Å². The third-order valence-electron chi connectivity index (χ3n) is 4.07. The number of rotatable bonds is 3. The number of hydrogen-bond donors (Lipinski definition) is 1. The van der Waals surface area contributed by atoms with Gasteiger partial charge in [0.1, 0.15) is 11.9 Å². The molecule has 1 N–H and O–H groups in total. The first kappa shape index (κ1) is 13.6. The molecule has 2 aromatic rings. The van der Waals surface area contributed by atoms with E-state index in [1.807, 2.05) is 24.3 Å². The number of nitrogens with one attached hydrogen (secondary N) is 1. The summed E-state index contributed by atoms with van der Waals surface area (Å²) in [5.41, 5.74) is 4.25. The minimum Gasteiger partial charge on any atom is -0.362 e. The molecule has 1 aromatic carbocycles. The smallest absolute Gasteiger partial charge is 0.144 e. The minimum atomic E-state index is 0.132. The maximum Gasteiger partial charge on any atom is 0.144 e. The quantitative estimate of drug-likeness (QED) is 0.922. The summed E-state index contributed by atoms with van der Waals surface area (Å²) in [5, 5.41) is 12.8. The summed E-state index contributed by atoms with van der Waals surface area (Å²) in [5.74, 6) is 0.717.